The Bertz CT molecular complexity index is 1010. The predicted molar refractivity (Wildman–Crippen MR) is 110 cm³/mol. The zero-order chi connectivity index (χ0) is 20.8. The third-order valence-corrected chi connectivity index (χ3v) is 4.69. The molecule has 2 N–H and O–H groups in total. The Kier molecular flexibility index (Phi) is 6.67. The molecule has 7 heteroatoms. The van der Waals surface area contributed by atoms with Crippen molar-refractivity contribution in [2.75, 3.05) is 13.7 Å². The summed E-state index contributed by atoms with van der Waals surface area (Å²) in [5.74, 6) is 0.0780. The number of rotatable bonds is 7. The number of hydrogen-bond acceptors (Lipinski definition) is 3. The molecule has 0 spiro atoms. The minimum atomic E-state index is -1.06. The van der Waals surface area contributed by atoms with E-state index >= 15 is 4.39 Å². The van der Waals surface area contributed by atoms with Crippen molar-refractivity contribution >= 4 is 17.7 Å². The van der Waals surface area contributed by atoms with Gasteiger partial charge in [-0.2, -0.15) is 0 Å². The fourth-order valence-corrected chi connectivity index (χ4v) is 3.24. The predicted octanol–water partition coefficient (Wildman–Crippen LogP) is 4.95. The standard InChI is InChI=1S/C22H20ClFN2O3/c1-29-19-8-6-16(21(24)20(19)15-3-2-4-17(23)12-15)11-14-5-7-18(26-13-14)9-10-25-22(27)28/h2-8,12-13,25H,9-11H2,1H3,(H,27,28). The lowest BCUT2D eigenvalue weighted by Crippen LogP contribution is -2.23. The Morgan fingerprint density at radius 1 is 1.24 bits per heavy atom. The lowest BCUT2D eigenvalue weighted by molar-refractivity contribution is 0.194. The van der Waals surface area contributed by atoms with Gasteiger partial charge < -0.3 is 15.2 Å². The highest BCUT2D eigenvalue weighted by molar-refractivity contribution is 6.30. The van der Waals surface area contributed by atoms with Crippen molar-refractivity contribution in [1.82, 2.24) is 10.3 Å². The first-order valence-corrected chi connectivity index (χ1v) is 9.37. The van der Waals surface area contributed by atoms with Gasteiger partial charge in [0, 0.05) is 36.3 Å². The van der Waals surface area contributed by atoms with E-state index in [0.29, 0.717) is 40.3 Å². The molecule has 1 heterocycles. The molecule has 0 aliphatic rings. The van der Waals surface area contributed by atoms with Crippen molar-refractivity contribution in [2.45, 2.75) is 12.8 Å². The van der Waals surface area contributed by atoms with Gasteiger partial charge in [-0.1, -0.05) is 35.9 Å². The largest absolute Gasteiger partial charge is 0.496 e. The minimum Gasteiger partial charge on any atom is -0.496 e. The molecule has 5 nitrogen and oxygen atoms in total. The first kappa shape index (κ1) is 20.6. The summed E-state index contributed by atoms with van der Waals surface area (Å²) < 4.78 is 20.7. The highest BCUT2D eigenvalue weighted by Gasteiger charge is 2.17. The second-order valence-corrected chi connectivity index (χ2v) is 6.88. The Labute approximate surface area is 173 Å². The number of nitrogens with zero attached hydrogens (tertiary/aromatic N) is 1. The monoisotopic (exact) mass is 414 g/mol. The number of carboxylic acid groups (broad SMARTS) is 1. The summed E-state index contributed by atoms with van der Waals surface area (Å²) in [6.45, 7) is 0.289. The van der Waals surface area contributed by atoms with Gasteiger partial charge in [-0.25, -0.2) is 9.18 Å². The zero-order valence-corrected chi connectivity index (χ0v) is 16.5. The molecule has 2 aromatic carbocycles. The molecule has 0 aliphatic heterocycles. The average Bonchev–Trinajstić information content (AvgIpc) is 2.70. The molecular weight excluding hydrogens is 395 g/mol. The number of aromatic nitrogens is 1. The molecule has 1 amide bonds. The van der Waals surface area contributed by atoms with Crippen molar-refractivity contribution in [2.24, 2.45) is 0 Å². The molecule has 0 aliphatic carbocycles. The summed E-state index contributed by atoms with van der Waals surface area (Å²) in [7, 11) is 1.50. The lowest BCUT2D eigenvalue weighted by atomic mass is 9.97. The fourth-order valence-electron chi connectivity index (χ4n) is 3.05. The third-order valence-electron chi connectivity index (χ3n) is 4.45. The van der Waals surface area contributed by atoms with Gasteiger partial charge in [-0.15, -0.1) is 0 Å². The average molecular weight is 415 g/mol. The van der Waals surface area contributed by atoms with Crippen LogP contribution in [0.1, 0.15) is 16.8 Å². The second-order valence-electron chi connectivity index (χ2n) is 6.44. The highest BCUT2D eigenvalue weighted by Crippen LogP contribution is 2.36. The van der Waals surface area contributed by atoms with Crippen molar-refractivity contribution in [1.29, 1.82) is 0 Å². The number of halogens is 2. The Morgan fingerprint density at radius 3 is 2.72 bits per heavy atom. The zero-order valence-electron chi connectivity index (χ0n) is 15.8. The van der Waals surface area contributed by atoms with E-state index in [9.17, 15) is 4.79 Å². The van der Waals surface area contributed by atoms with Crippen LogP contribution in [0.15, 0.2) is 54.7 Å². The molecular formula is C22H20ClFN2O3. The first-order valence-electron chi connectivity index (χ1n) is 9.00. The van der Waals surface area contributed by atoms with E-state index in [4.69, 9.17) is 21.4 Å². The number of hydrogen-bond donors (Lipinski definition) is 2. The number of nitrogens with one attached hydrogen (secondary N) is 1. The normalized spacial score (nSPS) is 10.6. The van der Waals surface area contributed by atoms with Gasteiger partial charge in [0.2, 0.25) is 0 Å². The summed E-state index contributed by atoms with van der Waals surface area (Å²) in [5.41, 5.74) is 3.14. The Hall–Kier alpha value is -3.12. The maximum absolute atomic E-state index is 15.3. The van der Waals surface area contributed by atoms with Crippen molar-refractivity contribution in [3.8, 4) is 16.9 Å². The topological polar surface area (TPSA) is 71.5 Å². The molecule has 0 atom stereocenters. The van der Waals surface area contributed by atoms with E-state index in [2.05, 4.69) is 10.3 Å². The smallest absolute Gasteiger partial charge is 0.404 e. The maximum atomic E-state index is 15.3. The van der Waals surface area contributed by atoms with Crippen molar-refractivity contribution in [3.05, 3.63) is 82.4 Å². The molecule has 0 radical (unpaired) electrons. The molecule has 3 aromatic rings. The van der Waals surface area contributed by atoms with E-state index in [1.165, 1.54) is 7.11 Å². The molecule has 0 saturated heterocycles. The van der Waals surface area contributed by atoms with Crippen LogP contribution >= 0.6 is 11.6 Å². The summed E-state index contributed by atoms with van der Waals surface area (Å²) in [6, 6.07) is 14.1. The molecule has 0 unspecified atom stereocenters. The minimum absolute atomic E-state index is 0.289. The van der Waals surface area contributed by atoms with Crippen LogP contribution < -0.4 is 10.1 Å². The number of benzene rings is 2. The van der Waals surface area contributed by atoms with Crippen LogP contribution in [0.5, 0.6) is 5.75 Å². The summed E-state index contributed by atoms with van der Waals surface area (Å²) in [5, 5.41) is 11.4. The SMILES string of the molecule is COc1ccc(Cc2ccc(CCNC(=O)O)nc2)c(F)c1-c1cccc(Cl)c1. The molecule has 0 fully saturated rings. The van der Waals surface area contributed by atoms with E-state index in [1.807, 2.05) is 12.1 Å². The number of ether oxygens (including phenoxy) is 1. The van der Waals surface area contributed by atoms with Crippen molar-refractivity contribution < 1.29 is 19.0 Å². The van der Waals surface area contributed by atoms with Crippen molar-refractivity contribution in [3.63, 3.8) is 0 Å². The van der Waals surface area contributed by atoms with Gasteiger partial charge in [-0.3, -0.25) is 4.98 Å². The van der Waals surface area contributed by atoms with Crippen LogP contribution in [0.3, 0.4) is 0 Å². The van der Waals surface area contributed by atoms with Crippen LogP contribution in [0.2, 0.25) is 5.02 Å². The first-order chi connectivity index (χ1) is 14.0. The number of carbonyl (C=O) groups is 1. The third kappa shape index (κ3) is 5.23. The highest BCUT2D eigenvalue weighted by atomic mass is 35.5. The van der Waals surface area contributed by atoms with Crippen LogP contribution in [-0.2, 0) is 12.8 Å². The number of methoxy groups -OCH3 is 1. The molecule has 0 saturated carbocycles. The van der Waals surface area contributed by atoms with Crippen LogP contribution in [0, 0.1) is 5.82 Å². The van der Waals surface area contributed by atoms with E-state index in [1.54, 1.807) is 42.6 Å². The molecule has 29 heavy (non-hydrogen) atoms. The van der Waals surface area contributed by atoms with Gasteiger partial charge in [-0.05, 0) is 41.0 Å². The second kappa shape index (κ2) is 9.39. The van der Waals surface area contributed by atoms with Crippen LogP contribution in [0.25, 0.3) is 11.1 Å². The molecule has 150 valence electrons. The van der Waals surface area contributed by atoms with Crippen LogP contribution in [-0.4, -0.2) is 29.8 Å². The van der Waals surface area contributed by atoms with Gasteiger partial charge >= 0.3 is 6.09 Å². The quantitative estimate of drug-likeness (QED) is 0.573. The maximum Gasteiger partial charge on any atom is 0.404 e. The number of pyridine rings is 1. The van der Waals surface area contributed by atoms with Gasteiger partial charge in [0.1, 0.15) is 11.6 Å². The molecule has 1 aromatic heterocycles. The van der Waals surface area contributed by atoms with E-state index in [0.717, 1.165) is 11.3 Å². The van der Waals surface area contributed by atoms with Gasteiger partial charge in [0.15, 0.2) is 0 Å². The lowest BCUT2D eigenvalue weighted by Gasteiger charge is -2.14. The molecule has 0 bridgehead atoms. The van der Waals surface area contributed by atoms with Gasteiger partial charge in [0.25, 0.3) is 0 Å². The fraction of sp³-hybridized carbons (Fsp3) is 0.182. The van der Waals surface area contributed by atoms with E-state index < -0.39 is 6.09 Å². The summed E-state index contributed by atoms with van der Waals surface area (Å²) in [4.78, 5) is 14.8. The van der Waals surface area contributed by atoms with Gasteiger partial charge in [0.05, 0.1) is 12.7 Å². The van der Waals surface area contributed by atoms with Crippen LogP contribution in [0.4, 0.5) is 9.18 Å². The summed E-state index contributed by atoms with van der Waals surface area (Å²) in [6.07, 6.45) is 1.47. The van der Waals surface area contributed by atoms with E-state index in [-0.39, 0.29) is 12.4 Å². The summed E-state index contributed by atoms with van der Waals surface area (Å²) >= 11 is 6.07. The number of amides is 1. The molecule has 3 rings (SSSR count). The Morgan fingerprint density at radius 2 is 2.07 bits per heavy atom. The Balaban J connectivity index is 1.83.